The van der Waals surface area contributed by atoms with Crippen LogP contribution in [0.25, 0.3) is 0 Å². The summed E-state index contributed by atoms with van der Waals surface area (Å²) in [6.07, 6.45) is 4.00. The maximum Gasteiger partial charge on any atom is 0.251 e. The number of pyridine rings is 1. The van der Waals surface area contributed by atoms with Gasteiger partial charge in [-0.1, -0.05) is 11.6 Å². The summed E-state index contributed by atoms with van der Waals surface area (Å²) >= 11 is 7.34. The summed E-state index contributed by atoms with van der Waals surface area (Å²) in [5, 5.41) is 12.0. The molecule has 0 aromatic carbocycles. The number of nitrogens with zero attached hydrogens (tertiary/aromatic N) is 1. The number of hydrogen-bond donors (Lipinski definition) is 2. The molecule has 0 saturated carbocycles. The molecule has 0 fully saturated rings. The summed E-state index contributed by atoms with van der Waals surface area (Å²) in [4.78, 5) is 15.7. The Morgan fingerprint density at radius 2 is 2.47 bits per heavy atom. The van der Waals surface area contributed by atoms with Crippen molar-refractivity contribution in [3.8, 4) is 0 Å². The summed E-state index contributed by atoms with van der Waals surface area (Å²) in [5.74, 6) is 0.576. The highest BCUT2D eigenvalue weighted by Crippen LogP contribution is 2.08. The van der Waals surface area contributed by atoms with Gasteiger partial charge in [0.05, 0.1) is 0 Å². The van der Waals surface area contributed by atoms with Crippen molar-refractivity contribution in [3.05, 3.63) is 29.0 Å². The van der Waals surface area contributed by atoms with E-state index < -0.39 is 0 Å². The van der Waals surface area contributed by atoms with E-state index in [-0.39, 0.29) is 18.6 Å². The smallest absolute Gasteiger partial charge is 0.251 e. The van der Waals surface area contributed by atoms with Crippen LogP contribution in [0.3, 0.4) is 0 Å². The molecule has 0 bridgehead atoms. The highest BCUT2D eigenvalue weighted by Gasteiger charge is 2.13. The number of amides is 1. The first kappa shape index (κ1) is 14.3. The molecule has 1 aromatic heterocycles. The number of aliphatic hydroxyl groups excluding tert-OH is 1. The summed E-state index contributed by atoms with van der Waals surface area (Å²) in [6, 6.07) is 3.09. The lowest BCUT2D eigenvalue weighted by Crippen LogP contribution is -2.37. The molecule has 1 aromatic rings. The molecule has 1 atom stereocenters. The number of rotatable bonds is 6. The van der Waals surface area contributed by atoms with Crippen molar-refractivity contribution in [1.29, 1.82) is 0 Å². The van der Waals surface area contributed by atoms with Gasteiger partial charge in [-0.2, -0.15) is 11.8 Å². The minimum absolute atomic E-state index is 0.0329. The molecule has 0 radical (unpaired) electrons. The first-order chi connectivity index (χ1) is 8.17. The van der Waals surface area contributed by atoms with E-state index in [1.165, 1.54) is 12.3 Å². The normalized spacial score (nSPS) is 12.2. The van der Waals surface area contributed by atoms with E-state index in [4.69, 9.17) is 16.7 Å². The van der Waals surface area contributed by atoms with Gasteiger partial charge in [-0.05, 0) is 24.8 Å². The van der Waals surface area contributed by atoms with Crippen LogP contribution in [-0.2, 0) is 0 Å². The van der Waals surface area contributed by atoms with E-state index in [1.807, 2.05) is 6.26 Å². The second kappa shape index (κ2) is 7.53. The monoisotopic (exact) mass is 274 g/mol. The molecule has 1 rings (SSSR count). The summed E-state index contributed by atoms with van der Waals surface area (Å²) in [6.45, 7) is 0.0581. The molecular weight excluding hydrogens is 260 g/mol. The van der Waals surface area contributed by atoms with E-state index in [2.05, 4.69) is 10.3 Å². The lowest BCUT2D eigenvalue weighted by atomic mass is 10.2. The predicted octanol–water partition coefficient (Wildman–Crippen LogP) is 1.58. The molecule has 1 amide bonds. The van der Waals surface area contributed by atoms with Crippen LogP contribution in [0.2, 0.25) is 5.15 Å². The van der Waals surface area contributed by atoms with Gasteiger partial charge in [0.1, 0.15) is 5.15 Å². The first-order valence-corrected chi connectivity index (χ1v) is 6.96. The van der Waals surface area contributed by atoms with Crippen LogP contribution in [-0.4, -0.2) is 40.7 Å². The van der Waals surface area contributed by atoms with Crippen LogP contribution >= 0.6 is 23.4 Å². The molecular formula is C11H15ClN2O2S. The molecule has 1 unspecified atom stereocenters. The van der Waals surface area contributed by atoms with Gasteiger partial charge < -0.3 is 10.4 Å². The molecule has 0 saturated heterocycles. The lowest BCUT2D eigenvalue weighted by Gasteiger charge is -2.16. The number of aromatic nitrogens is 1. The minimum atomic E-state index is -0.193. The van der Waals surface area contributed by atoms with Crippen molar-refractivity contribution in [2.45, 2.75) is 12.5 Å². The average molecular weight is 275 g/mol. The van der Waals surface area contributed by atoms with Gasteiger partial charge in [-0.15, -0.1) is 0 Å². The highest BCUT2D eigenvalue weighted by molar-refractivity contribution is 7.98. The van der Waals surface area contributed by atoms with Crippen molar-refractivity contribution in [2.24, 2.45) is 0 Å². The third-order valence-electron chi connectivity index (χ3n) is 2.17. The maximum absolute atomic E-state index is 11.9. The predicted molar refractivity (Wildman–Crippen MR) is 70.6 cm³/mol. The van der Waals surface area contributed by atoms with Gasteiger partial charge >= 0.3 is 0 Å². The molecule has 6 heteroatoms. The maximum atomic E-state index is 11.9. The minimum Gasteiger partial charge on any atom is -0.396 e. The number of aliphatic hydroxyl groups is 1. The Kier molecular flexibility index (Phi) is 6.32. The van der Waals surface area contributed by atoms with Crippen molar-refractivity contribution in [3.63, 3.8) is 0 Å². The topological polar surface area (TPSA) is 62.2 Å². The number of nitrogens with one attached hydrogen (secondary N) is 1. The second-order valence-corrected chi connectivity index (χ2v) is 4.80. The van der Waals surface area contributed by atoms with Gasteiger partial charge in [0, 0.05) is 30.2 Å². The van der Waals surface area contributed by atoms with Gasteiger partial charge in [-0.25, -0.2) is 4.98 Å². The number of carbonyl (C=O) groups is 1. The molecule has 0 aliphatic carbocycles. The summed E-state index contributed by atoms with van der Waals surface area (Å²) in [7, 11) is 0. The Hall–Kier alpha value is -0.780. The molecule has 2 N–H and O–H groups in total. The molecule has 1 heterocycles. The molecule has 0 aliphatic heterocycles. The van der Waals surface area contributed by atoms with Crippen molar-refractivity contribution >= 4 is 29.3 Å². The zero-order valence-electron chi connectivity index (χ0n) is 9.52. The number of halogens is 1. The van der Waals surface area contributed by atoms with Gasteiger partial charge in [-0.3, -0.25) is 4.79 Å². The summed E-state index contributed by atoms with van der Waals surface area (Å²) in [5.41, 5.74) is 0.481. The average Bonchev–Trinajstić information content (AvgIpc) is 2.29. The van der Waals surface area contributed by atoms with E-state index in [1.54, 1.807) is 17.8 Å². The zero-order valence-corrected chi connectivity index (χ0v) is 11.1. The van der Waals surface area contributed by atoms with Crippen LogP contribution in [0.1, 0.15) is 16.8 Å². The standard InChI is InChI=1S/C11H15ClN2O2S/c1-17-7-9(3-5-15)14-11(16)8-2-4-13-10(12)6-8/h2,4,6,9,15H,3,5,7H2,1H3,(H,14,16). The quantitative estimate of drug-likeness (QED) is 0.773. The molecule has 4 nitrogen and oxygen atoms in total. The SMILES string of the molecule is CSCC(CCO)NC(=O)c1ccnc(Cl)c1. The van der Waals surface area contributed by atoms with Crippen LogP contribution < -0.4 is 5.32 Å². The fourth-order valence-corrected chi connectivity index (χ4v) is 2.19. The highest BCUT2D eigenvalue weighted by atomic mass is 35.5. The van der Waals surface area contributed by atoms with E-state index in [0.717, 1.165) is 5.75 Å². The zero-order chi connectivity index (χ0) is 12.7. The Balaban J connectivity index is 2.63. The van der Waals surface area contributed by atoms with Crippen LogP contribution in [0.4, 0.5) is 0 Å². The Bertz CT molecular complexity index is 370. The van der Waals surface area contributed by atoms with Crippen molar-refractivity contribution < 1.29 is 9.90 Å². The lowest BCUT2D eigenvalue weighted by molar-refractivity contribution is 0.0935. The van der Waals surface area contributed by atoms with E-state index in [9.17, 15) is 4.79 Å². The molecule has 0 spiro atoms. The summed E-state index contributed by atoms with van der Waals surface area (Å²) < 4.78 is 0. The Morgan fingerprint density at radius 1 is 1.71 bits per heavy atom. The number of hydrogen-bond acceptors (Lipinski definition) is 4. The van der Waals surface area contributed by atoms with Crippen LogP contribution in [0.5, 0.6) is 0 Å². The molecule has 0 aliphatic rings. The third-order valence-corrected chi connectivity index (χ3v) is 3.11. The molecule has 94 valence electrons. The van der Waals surface area contributed by atoms with Crippen LogP contribution in [0.15, 0.2) is 18.3 Å². The largest absolute Gasteiger partial charge is 0.396 e. The van der Waals surface area contributed by atoms with Crippen molar-refractivity contribution in [1.82, 2.24) is 10.3 Å². The van der Waals surface area contributed by atoms with Crippen LogP contribution in [0, 0.1) is 0 Å². The third kappa shape index (κ3) is 4.93. The fourth-order valence-electron chi connectivity index (χ4n) is 1.37. The fraction of sp³-hybridized carbons (Fsp3) is 0.455. The molecule has 17 heavy (non-hydrogen) atoms. The van der Waals surface area contributed by atoms with Gasteiger partial charge in [0.2, 0.25) is 0 Å². The van der Waals surface area contributed by atoms with Gasteiger partial charge in [0.25, 0.3) is 5.91 Å². The Labute approximate surface area is 110 Å². The second-order valence-electron chi connectivity index (χ2n) is 3.51. The Morgan fingerprint density at radius 3 is 3.06 bits per heavy atom. The van der Waals surface area contributed by atoms with E-state index >= 15 is 0 Å². The van der Waals surface area contributed by atoms with Gasteiger partial charge in [0.15, 0.2) is 0 Å². The first-order valence-electron chi connectivity index (χ1n) is 5.19. The number of thioether (sulfide) groups is 1. The van der Waals surface area contributed by atoms with E-state index in [0.29, 0.717) is 17.1 Å². The van der Waals surface area contributed by atoms with Crippen molar-refractivity contribution in [2.75, 3.05) is 18.6 Å². The number of carbonyl (C=O) groups excluding carboxylic acids is 1.